The largest absolute Gasteiger partial charge is 0.497 e. The number of urea groups is 1. The lowest BCUT2D eigenvalue weighted by atomic mass is 9.77. The van der Waals surface area contributed by atoms with Crippen LogP contribution in [0.4, 0.5) is 18.0 Å². The number of carbonyl (C=O) groups is 2. The first-order valence-electron chi connectivity index (χ1n) is 8.28. The molecule has 0 aliphatic carbocycles. The highest BCUT2D eigenvalue weighted by Crippen LogP contribution is 2.44. The van der Waals surface area contributed by atoms with Crippen LogP contribution in [0.3, 0.4) is 0 Å². The van der Waals surface area contributed by atoms with E-state index in [-0.39, 0.29) is 11.1 Å². The van der Waals surface area contributed by atoms with Gasteiger partial charge in [-0.3, -0.25) is 4.79 Å². The minimum atomic E-state index is -5.29. The maximum absolute atomic E-state index is 13.8. The van der Waals surface area contributed by atoms with Gasteiger partial charge in [0.15, 0.2) is 5.78 Å². The van der Waals surface area contributed by atoms with Gasteiger partial charge in [-0.1, -0.05) is 42.5 Å². The van der Waals surface area contributed by atoms with Gasteiger partial charge in [-0.05, 0) is 17.7 Å². The molecular formula is C19H17F3N2O4. The van der Waals surface area contributed by atoms with Crippen LogP contribution >= 0.6 is 0 Å². The fraction of sp³-hybridized carbons (Fsp3) is 0.263. The number of hydrogen-bond acceptors (Lipinski definition) is 4. The van der Waals surface area contributed by atoms with E-state index in [0.29, 0.717) is 5.75 Å². The number of benzene rings is 2. The summed E-state index contributed by atoms with van der Waals surface area (Å²) in [6, 6.07) is 10.5. The van der Waals surface area contributed by atoms with E-state index in [4.69, 9.17) is 4.74 Å². The molecular weight excluding hydrogens is 377 g/mol. The van der Waals surface area contributed by atoms with Crippen molar-refractivity contribution in [2.45, 2.75) is 17.9 Å². The van der Waals surface area contributed by atoms with Crippen molar-refractivity contribution in [3.05, 3.63) is 65.7 Å². The summed E-state index contributed by atoms with van der Waals surface area (Å²) >= 11 is 0. The first-order valence-corrected chi connectivity index (χ1v) is 8.28. The number of aliphatic hydroxyl groups is 1. The number of ketones is 1. The molecule has 0 aromatic heterocycles. The molecule has 1 saturated heterocycles. The molecule has 3 N–H and O–H groups in total. The number of carbonyl (C=O) groups excluding carboxylic acids is 2. The molecule has 9 heteroatoms. The van der Waals surface area contributed by atoms with Gasteiger partial charge in [0.2, 0.25) is 5.72 Å². The quantitative estimate of drug-likeness (QED) is 0.696. The number of rotatable bonds is 4. The van der Waals surface area contributed by atoms with E-state index in [1.165, 1.54) is 61.0 Å². The summed E-state index contributed by atoms with van der Waals surface area (Å²) in [6.07, 6.45) is -5.29. The van der Waals surface area contributed by atoms with E-state index < -0.39 is 35.7 Å². The number of Topliss-reactive ketones (excluding diaryl/α,β-unsaturated/α-hetero) is 1. The van der Waals surface area contributed by atoms with Crippen molar-refractivity contribution >= 4 is 11.8 Å². The Labute approximate surface area is 158 Å². The second kappa shape index (κ2) is 7.16. The second-order valence-electron chi connectivity index (χ2n) is 6.32. The molecule has 148 valence electrons. The van der Waals surface area contributed by atoms with Gasteiger partial charge in [-0.2, -0.15) is 13.2 Å². The predicted octanol–water partition coefficient (Wildman–Crippen LogP) is 2.80. The van der Waals surface area contributed by atoms with Crippen LogP contribution in [0.5, 0.6) is 5.75 Å². The van der Waals surface area contributed by atoms with Crippen LogP contribution < -0.4 is 15.4 Å². The number of amides is 2. The molecule has 0 unspecified atom stereocenters. The van der Waals surface area contributed by atoms with Crippen LogP contribution in [-0.4, -0.2) is 35.9 Å². The Balaban J connectivity index is 2.13. The molecule has 0 radical (unpaired) electrons. The lowest BCUT2D eigenvalue weighted by Gasteiger charge is -2.45. The minimum Gasteiger partial charge on any atom is -0.497 e. The third-order valence-corrected chi connectivity index (χ3v) is 4.62. The van der Waals surface area contributed by atoms with Crippen LogP contribution in [-0.2, 0) is 0 Å². The summed E-state index contributed by atoms with van der Waals surface area (Å²) < 4.78 is 46.3. The molecule has 0 saturated carbocycles. The second-order valence-corrected chi connectivity index (χ2v) is 6.32. The van der Waals surface area contributed by atoms with Crippen molar-refractivity contribution in [2.75, 3.05) is 7.11 Å². The topological polar surface area (TPSA) is 87.7 Å². The molecule has 3 rings (SSSR count). The molecule has 0 spiro atoms. The summed E-state index contributed by atoms with van der Waals surface area (Å²) in [5, 5.41) is 14.3. The average molecular weight is 394 g/mol. The number of hydrogen-bond donors (Lipinski definition) is 3. The minimum absolute atomic E-state index is 0.0216. The van der Waals surface area contributed by atoms with E-state index in [0.717, 1.165) is 0 Å². The molecule has 1 aliphatic rings. The Morgan fingerprint density at radius 2 is 1.71 bits per heavy atom. The summed E-state index contributed by atoms with van der Waals surface area (Å²) in [5.74, 6) is -2.57. The van der Waals surface area contributed by atoms with Crippen molar-refractivity contribution in [1.29, 1.82) is 0 Å². The van der Waals surface area contributed by atoms with E-state index in [1.807, 2.05) is 0 Å². The van der Waals surface area contributed by atoms with Gasteiger partial charge in [0.1, 0.15) is 11.7 Å². The number of halogens is 3. The van der Waals surface area contributed by atoms with E-state index in [2.05, 4.69) is 5.32 Å². The highest BCUT2D eigenvalue weighted by Gasteiger charge is 2.66. The number of ether oxygens (including phenoxy) is 1. The zero-order valence-electron chi connectivity index (χ0n) is 14.7. The molecule has 28 heavy (non-hydrogen) atoms. The Morgan fingerprint density at radius 1 is 1.11 bits per heavy atom. The molecule has 2 aromatic rings. The molecule has 6 nitrogen and oxygen atoms in total. The smallest absolute Gasteiger partial charge is 0.437 e. The highest BCUT2D eigenvalue weighted by molar-refractivity contribution is 6.00. The molecule has 1 aliphatic heterocycles. The number of methoxy groups -OCH3 is 1. The van der Waals surface area contributed by atoms with Gasteiger partial charge in [0, 0.05) is 5.56 Å². The van der Waals surface area contributed by atoms with E-state index >= 15 is 0 Å². The van der Waals surface area contributed by atoms with E-state index in [9.17, 15) is 27.9 Å². The zero-order valence-corrected chi connectivity index (χ0v) is 14.7. The summed E-state index contributed by atoms with van der Waals surface area (Å²) in [5.41, 5.74) is -3.55. The molecule has 0 bridgehead atoms. The Morgan fingerprint density at radius 3 is 2.25 bits per heavy atom. The van der Waals surface area contributed by atoms with Crippen LogP contribution in [0.1, 0.15) is 22.0 Å². The number of alkyl halides is 3. The first kappa shape index (κ1) is 19.7. The standard InChI is InChI=1S/C19H17F3N2O4/c1-28-13-9-7-11(8-10-13)15-14(16(25)12-5-3-2-4-6-12)18(27,19(20,21)22)24-17(26)23-15/h2-10,14-15,27H,1H3,(H2,23,24,26)/t14-,15+,18+/m1/s1. The average Bonchev–Trinajstić information content (AvgIpc) is 2.67. The monoisotopic (exact) mass is 394 g/mol. The maximum atomic E-state index is 13.8. The molecule has 1 heterocycles. The molecule has 2 amide bonds. The Kier molecular flexibility index (Phi) is 5.03. The van der Waals surface area contributed by atoms with Crippen LogP contribution in [0.2, 0.25) is 0 Å². The molecule has 2 aromatic carbocycles. The zero-order chi connectivity index (χ0) is 20.5. The SMILES string of the molecule is COc1ccc([C@@H]2NC(=O)N[C@@](O)(C(F)(F)F)[C@H]2C(=O)c2ccccc2)cc1. The number of nitrogens with one attached hydrogen (secondary N) is 2. The van der Waals surface area contributed by atoms with Gasteiger partial charge in [0.05, 0.1) is 13.2 Å². The van der Waals surface area contributed by atoms with Crippen LogP contribution in [0.25, 0.3) is 0 Å². The fourth-order valence-corrected chi connectivity index (χ4v) is 3.21. The van der Waals surface area contributed by atoms with Crippen molar-refractivity contribution in [2.24, 2.45) is 5.92 Å². The Bertz CT molecular complexity index is 871. The first-order chi connectivity index (χ1) is 13.2. The normalized spacial score (nSPS) is 24.8. The van der Waals surface area contributed by atoms with Gasteiger partial charge in [-0.25, -0.2) is 4.79 Å². The summed E-state index contributed by atoms with van der Waals surface area (Å²) in [4.78, 5) is 24.9. The third-order valence-electron chi connectivity index (χ3n) is 4.62. The summed E-state index contributed by atoms with van der Waals surface area (Å²) in [7, 11) is 1.42. The molecule has 3 atom stereocenters. The fourth-order valence-electron chi connectivity index (χ4n) is 3.21. The highest BCUT2D eigenvalue weighted by atomic mass is 19.4. The summed E-state index contributed by atoms with van der Waals surface area (Å²) in [6.45, 7) is 0. The van der Waals surface area contributed by atoms with Crippen LogP contribution in [0, 0.1) is 5.92 Å². The predicted molar refractivity (Wildman–Crippen MR) is 92.7 cm³/mol. The third kappa shape index (κ3) is 3.40. The van der Waals surface area contributed by atoms with Crippen molar-refractivity contribution in [3.8, 4) is 5.75 Å². The van der Waals surface area contributed by atoms with Crippen molar-refractivity contribution in [1.82, 2.24) is 10.6 Å². The van der Waals surface area contributed by atoms with Crippen LogP contribution in [0.15, 0.2) is 54.6 Å². The van der Waals surface area contributed by atoms with Gasteiger partial charge in [0.25, 0.3) is 0 Å². The van der Waals surface area contributed by atoms with Crippen molar-refractivity contribution in [3.63, 3.8) is 0 Å². The van der Waals surface area contributed by atoms with Gasteiger partial charge >= 0.3 is 12.2 Å². The Hall–Kier alpha value is -3.07. The van der Waals surface area contributed by atoms with Crippen molar-refractivity contribution < 1.29 is 32.6 Å². The maximum Gasteiger partial charge on any atom is 0.437 e. The lowest BCUT2D eigenvalue weighted by Crippen LogP contribution is -2.72. The van der Waals surface area contributed by atoms with Gasteiger partial charge in [-0.15, -0.1) is 0 Å². The molecule has 1 fully saturated rings. The van der Waals surface area contributed by atoms with Gasteiger partial charge < -0.3 is 20.5 Å². The van der Waals surface area contributed by atoms with E-state index in [1.54, 1.807) is 6.07 Å². The lowest BCUT2D eigenvalue weighted by molar-refractivity contribution is -0.287.